The van der Waals surface area contributed by atoms with Crippen LogP contribution in [0, 0.1) is 0 Å². The van der Waals surface area contributed by atoms with Crippen LogP contribution in [0.1, 0.15) is 35.9 Å². The van der Waals surface area contributed by atoms with Crippen LogP contribution >= 0.6 is 0 Å². The van der Waals surface area contributed by atoms with Crippen molar-refractivity contribution < 1.29 is 14.3 Å². The molecule has 0 bridgehead atoms. The van der Waals surface area contributed by atoms with Crippen LogP contribution in [0.2, 0.25) is 0 Å². The van der Waals surface area contributed by atoms with E-state index in [9.17, 15) is 9.59 Å². The Bertz CT molecular complexity index is 1030. The Labute approximate surface area is 156 Å². The topological polar surface area (TPSA) is 77.3 Å². The van der Waals surface area contributed by atoms with Gasteiger partial charge in [0.2, 0.25) is 0 Å². The number of amides is 1. The number of Topliss-reactive ketones (excluding diaryl/α,β-unsaturated/α-hetero) is 1. The van der Waals surface area contributed by atoms with Crippen molar-refractivity contribution >= 4 is 17.4 Å². The van der Waals surface area contributed by atoms with E-state index < -0.39 is 17.7 Å². The van der Waals surface area contributed by atoms with E-state index in [1.165, 1.54) is 4.90 Å². The smallest absolute Gasteiger partial charge is 0.300 e. The maximum Gasteiger partial charge on any atom is 0.300 e. The highest BCUT2D eigenvalue weighted by molar-refractivity contribution is 6.52. The highest BCUT2D eigenvalue weighted by Gasteiger charge is 2.39. The van der Waals surface area contributed by atoms with Gasteiger partial charge in [-0.15, -0.1) is 5.10 Å². The first-order valence-electron chi connectivity index (χ1n) is 8.72. The van der Waals surface area contributed by atoms with Crippen molar-refractivity contribution in [2.24, 2.45) is 0 Å². The summed E-state index contributed by atoms with van der Waals surface area (Å²) in [5.41, 5.74) is 2.42. The number of ketones is 1. The number of rotatable bonds is 5. The number of hydrogen-bond donors (Lipinski definition) is 0. The van der Waals surface area contributed by atoms with Crippen molar-refractivity contribution in [2.75, 3.05) is 11.5 Å². The summed E-state index contributed by atoms with van der Waals surface area (Å²) < 4.78 is 7.14. The van der Waals surface area contributed by atoms with E-state index in [0.29, 0.717) is 23.6 Å². The fraction of sp³-hybridized carbons (Fsp3) is 0.200. The second-order valence-corrected chi connectivity index (χ2v) is 6.22. The predicted octanol–water partition coefficient (Wildman–Crippen LogP) is 2.96. The Hall–Kier alpha value is -3.48. The molecule has 1 aliphatic heterocycles. The van der Waals surface area contributed by atoms with Crippen molar-refractivity contribution in [3.63, 3.8) is 0 Å². The highest BCUT2D eigenvalue weighted by Crippen LogP contribution is 2.35. The molecule has 3 aromatic rings. The average Bonchev–Trinajstić information content (AvgIpc) is 3.27. The third-order valence-electron chi connectivity index (χ3n) is 4.54. The Morgan fingerprint density at radius 1 is 1.11 bits per heavy atom. The predicted molar refractivity (Wildman–Crippen MR) is 99.2 cm³/mol. The standard InChI is InChI=1S/C20H18N4O3/c1-3-27-15-8-6-7-14(11-15)23-12-17(21-22-23)13(2)24-18-10-5-4-9-16(18)19(25)20(24)26/h4-13H,3H2,1-2H3. The van der Waals surface area contributed by atoms with E-state index in [0.717, 1.165) is 11.4 Å². The average molecular weight is 362 g/mol. The molecule has 4 rings (SSSR count). The second kappa shape index (κ2) is 6.68. The molecule has 0 saturated carbocycles. The molecule has 2 heterocycles. The van der Waals surface area contributed by atoms with Gasteiger partial charge < -0.3 is 4.74 Å². The lowest BCUT2D eigenvalue weighted by Crippen LogP contribution is -2.32. The first kappa shape index (κ1) is 17.0. The maximum absolute atomic E-state index is 12.5. The second-order valence-electron chi connectivity index (χ2n) is 6.22. The molecule has 136 valence electrons. The molecule has 1 aromatic heterocycles. The van der Waals surface area contributed by atoms with E-state index in [2.05, 4.69) is 10.3 Å². The molecule has 1 unspecified atom stereocenters. The SMILES string of the molecule is CCOc1cccc(-n2cc(C(C)N3C(=O)C(=O)c4ccccc43)nn2)c1. The summed E-state index contributed by atoms with van der Waals surface area (Å²) in [5, 5.41) is 8.38. The van der Waals surface area contributed by atoms with Crippen LogP contribution in [0.15, 0.2) is 54.7 Å². The van der Waals surface area contributed by atoms with Gasteiger partial charge in [-0.05, 0) is 38.1 Å². The number of anilines is 1. The number of carbonyl (C=O) groups is 2. The third-order valence-corrected chi connectivity index (χ3v) is 4.54. The van der Waals surface area contributed by atoms with Crippen LogP contribution in [-0.4, -0.2) is 33.3 Å². The van der Waals surface area contributed by atoms with E-state index in [4.69, 9.17) is 4.74 Å². The quantitative estimate of drug-likeness (QED) is 0.652. The van der Waals surface area contributed by atoms with Gasteiger partial charge in [-0.3, -0.25) is 14.5 Å². The molecule has 0 radical (unpaired) electrons. The summed E-state index contributed by atoms with van der Waals surface area (Å²) in [4.78, 5) is 26.2. The monoisotopic (exact) mass is 362 g/mol. The fourth-order valence-corrected chi connectivity index (χ4v) is 3.20. The fourth-order valence-electron chi connectivity index (χ4n) is 3.20. The molecule has 0 spiro atoms. The lowest BCUT2D eigenvalue weighted by atomic mass is 10.1. The lowest BCUT2D eigenvalue weighted by molar-refractivity contribution is -0.114. The number of fused-ring (bicyclic) bond motifs is 1. The highest BCUT2D eigenvalue weighted by atomic mass is 16.5. The first-order valence-corrected chi connectivity index (χ1v) is 8.72. The molecule has 1 aliphatic rings. The Morgan fingerprint density at radius 3 is 2.74 bits per heavy atom. The van der Waals surface area contributed by atoms with Crippen LogP contribution in [0.25, 0.3) is 5.69 Å². The number of carbonyl (C=O) groups excluding carboxylic acids is 2. The number of benzene rings is 2. The first-order chi connectivity index (χ1) is 13.1. The molecule has 27 heavy (non-hydrogen) atoms. The molecule has 1 amide bonds. The molecular weight excluding hydrogens is 344 g/mol. The van der Waals surface area contributed by atoms with Crippen molar-refractivity contribution in [3.8, 4) is 11.4 Å². The minimum Gasteiger partial charge on any atom is -0.494 e. The van der Waals surface area contributed by atoms with E-state index in [-0.39, 0.29) is 0 Å². The number of aromatic nitrogens is 3. The molecule has 0 fully saturated rings. The minimum atomic E-state index is -0.545. The number of ether oxygens (including phenoxy) is 1. The molecular formula is C20H18N4O3. The summed E-state index contributed by atoms with van der Waals surface area (Å²) in [6, 6.07) is 14.1. The zero-order valence-corrected chi connectivity index (χ0v) is 15.0. The summed E-state index contributed by atoms with van der Waals surface area (Å²) in [7, 11) is 0. The zero-order valence-electron chi connectivity index (χ0n) is 15.0. The van der Waals surface area contributed by atoms with Gasteiger partial charge in [-0.2, -0.15) is 0 Å². The van der Waals surface area contributed by atoms with Crippen LogP contribution in [-0.2, 0) is 4.79 Å². The summed E-state index contributed by atoms with van der Waals surface area (Å²) in [5.74, 6) is -0.291. The van der Waals surface area contributed by atoms with Gasteiger partial charge in [0.15, 0.2) is 0 Å². The maximum atomic E-state index is 12.5. The third kappa shape index (κ3) is 2.87. The largest absolute Gasteiger partial charge is 0.494 e. The van der Waals surface area contributed by atoms with Gasteiger partial charge in [-0.25, -0.2) is 4.68 Å². The normalized spacial score (nSPS) is 14.4. The van der Waals surface area contributed by atoms with E-state index in [1.807, 2.05) is 38.1 Å². The molecule has 1 atom stereocenters. The van der Waals surface area contributed by atoms with Gasteiger partial charge in [-0.1, -0.05) is 23.4 Å². The number of nitrogens with zero attached hydrogens (tertiary/aromatic N) is 4. The Balaban J connectivity index is 1.65. The van der Waals surface area contributed by atoms with Crippen LogP contribution in [0.3, 0.4) is 0 Å². The summed E-state index contributed by atoms with van der Waals surface area (Å²) in [6.07, 6.45) is 1.76. The van der Waals surface area contributed by atoms with Crippen LogP contribution < -0.4 is 9.64 Å². The van der Waals surface area contributed by atoms with Gasteiger partial charge in [0.05, 0.1) is 35.8 Å². The molecule has 0 aliphatic carbocycles. The Kier molecular flexibility index (Phi) is 4.19. The van der Waals surface area contributed by atoms with Crippen molar-refractivity contribution in [1.82, 2.24) is 15.0 Å². The molecule has 0 saturated heterocycles. The van der Waals surface area contributed by atoms with Gasteiger partial charge in [0.1, 0.15) is 11.4 Å². The van der Waals surface area contributed by atoms with E-state index in [1.54, 1.807) is 35.1 Å². The van der Waals surface area contributed by atoms with Gasteiger partial charge >= 0.3 is 0 Å². The molecule has 0 N–H and O–H groups in total. The zero-order chi connectivity index (χ0) is 19.0. The van der Waals surface area contributed by atoms with Crippen molar-refractivity contribution in [3.05, 3.63) is 66.0 Å². The minimum absolute atomic E-state index is 0.422. The van der Waals surface area contributed by atoms with Gasteiger partial charge in [0.25, 0.3) is 11.7 Å². The number of hydrogen-bond acceptors (Lipinski definition) is 5. The molecule has 7 nitrogen and oxygen atoms in total. The Morgan fingerprint density at radius 2 is 1.93 bits per heavy atom. The number of para-hydroxylation sites is 1. The van der Waals surface area contributed by atoms with E-state index >= 15 is 0 Å². The summed E-state index contributed by atoms with van der Waals surface area (Å²) in [6.45, 7) is 4.33. The van der Waals surface area contributed by atoms with Gasteiger partial charge in [0, 0.05) is 6.07 Å². The van der Waals surface area contributed by atoms with Crippen molar-refractivity contribution in [2.45, 2.75) is 19.9 Å². The molecule has 7 heteroatoms. The molecule has 2 aromatic carbocycles. The van der Waals surface area contributed by atoms with Crippen molar-refractivity contribution in [1.29, 1.82) is 0 Å². The summed E-state index contributed by atoms with van der Waals surface area (Å²) >= 11 is 0. The lowest BCUT2D eigenvalue weighted by Gasteiger charge is -2.22. The van der Waals surface area contributed by atoms with Crippen LogP contribution in [0.5, 0.6) is 5.75 Å². The van der Waals surface area contributed by atoms with Crippen LogP contribution in [0.4, 0.5) is 5.69 Å².